The second kappa shape index (κ2) is 8.07. The molecule has 2 fully saturated rings. The minimum Gasteiger partial charge on any atom is -0.444 e. The third-order valence-corrected chi connectivity index (χ3v) is 5.70. The summed E-state index contributed by atoms with van der Waals surface area (Å²) in [6, 6.07) is 6.50. The normalized spacial score (nSPS) is 22.1. The largest absolute Gasteiger partial charge is 0.444 e. The zero-order valence-electron chi connectivity index (χ0n) is 16.9. The SMILES string of the molecule is CC(C)(C)OC(=O)NCCN1CCC2(CC1)C(=O)NC[C@H]2c1ccc(F)cc1. The van der Waals surface area contributed by atoms with Gasteiger partial charge in [0, 0.05) is 25.6 Å². The standard InChI is InChI=1S/C21H30FN3O3/c1-20(2,3)28-19(27)23-10-13-25-11-8-21(9-12-25)17(14-24-18(21)26)15-4-6-16(22)7-5-15/h4-7,17H,8-14H2,1-3H3,(H,23,27)(H,24,26)/t17-/m0/s1. The number of alkyl carbamates (subject to hydrolysis) is 1. The number of halogens is 1. The fourth-order valence-electron chi connectivity index (χ4n) is 4.24. The lowest BCUT2D eigenvalue weighted by molar-refractivity contribution is -0.130. The summed E-state index contributed by atoms with van der Waals surface area (Å²) in [5.74, 6) is -0.0848. The number of nitrogens with one attached hydrogen (secondary N) is 2. The van der Waals surface area contributed by atoms with Gasteiger partial charge in [0.1, 0.15) is 11.4 Å². The molecule has 2 saturated heterocycles. The maximum atomic E-state index is 13.3. The summed E-state index contributed by atoms with van der Waals surface area (Å²) >= 11 is 0. The molecule has 6 nitrogen and oxygen atoms in total. The van der Waals surface area contributed by atoms with Crippen molar-refractivity contribution in [3.05, 3.63) is 35.6 Å². The highest BCUT2D eigenvalue weighted by molar-refractivity contribution is 5.86. The molecule has 28 heavy (non-hydrogen) atoms. The molecule has 2 aliphatic heterocycles. The second-order valence-electron chi connectivity index (χ2n) is 8.74. The topological polar surface area (TPSA) is 70.7 Å². The number of benzene rings is 1. The zero-order chi connectivity index (χ0) is 20.4. The van der Waals surface area contributed by atoms with E-state index in [0.717, 1.165) is 38.0 Å². The Balaban J connectivity index is 1.53. The van der Waals surface area contributed by atoms with Crippen LogP contribution >= 0.6 is 0 Å². The summed E-state index contributed by atoms with van der Waals surface area (Å²) in [6.45, 7) is 8.92. The van der Waals surface area contributed by atoms with Crippen LogP contribution in [-0.4, -0.2) is 55.2 Å². The molecule has 3 rings (SSSR count). The molecule has 1 spiro atoms. The van der Waals surface area contributed by atoms with Crippen molar-refractivity contribution in [2.45, 2.75) is 45.1 Å². The monoisotopic (exact) mass is 391 g/mol. The summed E-state index contributed by atoms with van der Waals surface area (Å²) in [5.41, 5.74) is 0.0829. The Hall–Kier alpha value is -2.15. The lowest BCUT2D eigenvalue weighted by Gasteiger charge is -2.41. The molecule has 2 aliphatic rings. The Morgan fingerprint density at radius 2 is 1.93 bits per heavy atom. The van der Waals surface area contributed by atoms with Crippen molar-refractivity contribution in [3.8, 4) is 0 Å². The Labute approximate surface area is 165 Å². The van der Waals surface area contributed by atoms with E-state index in [-0.39, 0.29) is 17.6 Å². The fraction of sp³-hybridized carbons (Fsp3) is 0.619. The van der Waals surface area contributed by atoms with Crippen LogP contribution in [0.4, 0.5) is 9.18 Å². The molecule has 7 heteroatoms. The van der Waals surface area contributed by atoms with Crippen molar-refractivity contribution >= 4 is 12.0 Å². The highest BCUT2D eigenvalue weighted by atomic mass is 19.1. The number of nitrogens with zero attached hydrogens (tertiary/aromatic N) is 1. The first-order valence-electron chi connectivity index (χ1n) is 9.93. The first-order valence-corrected chi connectivity index (χ1v) is 9.93. The van der Waals surface area contributed by atoms with Crippen LogP contribution in [0.2, 0.25) is 0 Å². The van der Waals surface area contributed by atoms with Gasteiger partial charge >= 0.3 is 6.09 Å². The predicted octanol–water partition coefficient (Wildman–Crippen LogP) is 2.65. The Morgan fingerprint density at radius 3 is 2.54 bits per heavy atom. The van der Waals surface area contributed by atoms with Gasteiger partial charge in [-0.15, -0.1) is 0 Å². The summed E-state index contributed by atoms with van der Waals surface area (Å²) in [7, 11) is 0. The molecule has 0 saturated carbocycles. The van der Waals surface area contributed by atoms with Crippen molar-refractivity contribution < 1.29 is 18.7 Å². The Morgan fingerprint density at radius 1 is 1.29 bits per heavy atom. The quantitative estimate of drug-likeness (QED) is 0.828. The molecule has 2 N–H and O–H groups in total. The first-order chi connectivity index (χ1) is 13.2. The summed E-state index contributed by atoms with van der Waals surface area (Å²) in [5, 5.41) is 5.79. The van der Waals surface area contributed by atoms with Crippen LogP contribution < -0.4 is 10.6 Å². The molecule has 2 amide bonds. The van der Waals surface area contributed by atoms with Gasteiger partial charge in [0.05, 0.1) is 5.41 Å². The van der Waals surface area contributed by atoms with E-state index < -0.39 is 17.1 Å². The molecule has 1 aromatic rings. The molecule has 154 valence electrons. The number of ether oxygens (including phenoxy) is 1. The molecule has 0 aromatic heterocycles. The van der Waals surface area contributed by atoms with Crippen LogP contribution in [0.1, 0.15) is 45.1 Å². The van der Waals surface area contributed by atoms with Gasteiger partial charge in [-0.3, -0.25) is 4.79 Å². The third-order valence-electron chi connectivity index (χ3n) is 5.70. The van der Waals surface area contributed by atoms with Crippen LogP contribution in [0, 0.1) is 11.2 Å². The van der Waals surface area contributed by atoms with Gasteiger partial charge in [0.25, 0.3) is 0 Å². The van der Waals surface area contributed by atoms with E-state index in [4.69, 9.17) is 4.74 Å². The van der Waals surface area contributed by atoms with E-state index in [2.05, 4.69) is 15.5 Å². The smallest absolute Gasteiger partial charge is 0.407 e. The highest BCUT2D eigenvalue weighted by Crippen LogP contribution is 2.47. The van der Waals surface area contributed by atoms with E-state index in [9.17, 15) is 14.0 Å². The van der Waals surface area contributed by atoms with Crippen molar-refractivity contribution in [1.29, 1.82) is 0 Å². The van der Waals surface area contributed by atoms with E-state index in [1.54, 1.807) is 12.1 Å². The number of amides is 2. The summed E-state index contributed by atoms with van der Waals surface area (Å²) < 4.78 is 18.5. The minimum absolute atomic E-state index is 0.0719. The van der Waals surface area contributed by atoms with Crippen LogP contribution in [0.25, 0.3) is 0 Å². The molecule has 0 radical (unpaired) electrons. The van der Waals surface area contributed by atoms with E-state index in [1.807, 2.05) is 20.8 Å². The zero-order valence-corrected chi connectivity index (χ0v) is 16.9. The maximum absolute atomic E-state index is 13.3. The van der Waals surface area contributed by atoms with Gasteiger partial charge in [-0.2, -0.15) is 0 Å². The van der Waals surface area contributed by atoms with Crippen molar-refractivity contribution in [2.24, 2.45) is 5.41 Å². The number of rotatable bonds is 4. The minimum atomic E-state index is -0.507. The number of carbonyl (C=O) groups excluding carboxylic acids is 2. The van der Waals surface area contributed by atoms with Gasteiger partial charge in [-0.05, 0) is 64.4 Å². The fourth-order valence-corrected chi connectivity index (χ4v) is 4.24. The molecule has 1 aromatic carbocycles. The number of hydrogen-bond acceptors (Lipinski definition) is 4. The molecule has 0 unspecified atom stereocenters. The maximum Gasteiger partial charge on any atom is 0.407 e. The summed E-state index contributed by atoms with van der Waals surface area (Å²) in [6.07, 6.45) is 1.10. The van der Waals surface area contributed by atoms with Gasteiger partial charge in [-0.1, -0.05) is 12.1 Å². The second-order valence-corrected chi connectivity index (χ2v) is 8.74. The number of likely N-dealkylation sites (tertiary alicyclic amines) is 1. The lowest BCUT2D eigenvalue weighted by Crippen LogP contribution is -2.47. The Kier molecular flexibility index (Phi) is 5.93. The highest BCUT2D eigenvalue weighted by Gasteiger charge is 2.51. The van der Waals surface area contributed by atoms with Crippen molar-refractivity contribution in [1.82, 2.24) is 15.5 Å². The van der Waals surface area contributed by atoms with Crippen LogP contribution in [0.15, 0.2) is 24.3 Å². The molecule has 2 heterocycles. The molecular formula is C21H30FN3O3. The van der Waals surface area contributed by atoms with E-state index in [0.29, 0.717) is 13.1 Å². The van der Waals surface area contributed by atoms with Crippen LogP contribution in [0.3, 0.4) is 0 Å². The average molecular weight is 391 g/mol. The lowest BCUT2D eigenvalue weighted by atomic mass is 9.68. The molecule has 1 atom stereocenters. The third kappa shape index (κ3) is 4.63. The van der Waals surface area contributed by atoms with Crippen molar-refractivity contribution in [3.63, 3.8) is 0 Å². The molecule has 0 aliphatic carbocycles. The van der Waals surface area contributed by atoms with Gasteiger partial charge in [0.2, 0.25) is 5.91 Å². The summed E-state index contributed by atoms with van der Waals surface area (Å²) in [4.78, 5) is 26.7. The number of piperidine rings is 1. The molecular weight excluding hydrogens is 361 g/mol. The Bertz CT molecular complexity index is 707. The predicted molar refractivity (Wildman–Crippen MR) is 104 cm³/mol. The van der Waals surface area contributed by atoms with E-state index in [1.165, 1.54) is 12.1 Å². The molecule has 0 bridgehead atoms. The average Bonchev–Trinajstić information content (AvgIpc) is 2.92. The van der Waals surface area contributed by atoms with Gasteiger partial charge in [0.15, 0.2) is 0 Å². The van der Waals surface area contributed by atoms with Crippen LogP contribution in [0.5, 0.6) is 0 Å². The van der Waals surface area contributed by atoms with E-state index >= 15 is 0 Å². The van der Waals surface area contributed by atoms with Crippen molar-refractivity contribution in [2.75, 3.05) is 32.7 Å². The van der Waals surface area contributed by atoms with Gasteiger partial charge in [-0.25, -0.2) is 9.18 Å². The van der Waals surface area contributed by atoms with Crippen LogP contribution in [-0.2, 0) is 9.53 Å². The number of carbonyl (C=O) groups is 2. The number of hydrogen-bond donors (Lipinski definition) is 2. The van der Waals surface area contributed by atoms with Gasteiger partial charge < -0.3 is 20.3 Å². The first kappa shape index (κ1) is 20.6.